The van der Waals surface area contributed by atoms with Crippen LogP contribution in [0.4, 0.5) is 5.69 Å². The van der Waals surface area contributed by atoms with Crippen LogP contribution in [-0.4, -0.2) is 54.5 Å². The highest BCUT2D eigenvalue weighted by Crippen LogP contribution is 2.51. The molecule has 1 amide bonds. The summed E-state index contributed by atoms with van der Waals surface area (Å²) in [6, 6.07) is 20.0. The molecule has 0 bridgehead atoms. The van der Waals surface area contributed by atoms with E-state index in [1.165, 1.54) is 6.92 Å². The van der Waals surface area contributed by atoms with E-state index in [-0.39, 0.29) is 37.8 Å². The minimum Gasteiger partial charge on any atom is -0.477 e. The molecule has 1 saturated heterocycles. The van der Waals surface area contributed by atoms with E-state index in [0.29, 0.717) is 12.2 Å². The number of hydrogen-bond donors (Lipinski definition) is 2. The van der Waals surface area contributed by atoms with Crippen molar-refractivity contribution in [2.45, 2.75) is 52.7 Å². The number of carbonyl (C=O) groups excluding carboxylic acids is 2. The number of quaternary nitrogens is 1. The molecule has 5 rings (SSSR count). The molecule has 4 atom stereocenters. The number of aliphatic carboxylic acids is 1. The predicted octanol–water partition coefficient (Wildman–Crippen LogP) is 5.17. The van der Waals surface area contributed by atoms with Crippen molar-refractivity contribution in [1.29, 1.82) is 0 Å². The number of aryl methyl sites for hydroxylation is 1. The van der Waals surface area contributed by atoms with Crippen molar-refractivity contribution in [3.05, 3.63) is 77.4 Å². The largest absolute Gasteiger partial charge is 0.477 e. The molecule has 0 spiro atoms. The normalized spacial score (nSPS) is 27.2. The van der Waals surface area contributed by atoms with E-state index in [4.69, 9.17) is 4.74 Å². The van der Waals surface area contributed by atoms with Crippen LogP contribution < -0.4 is 9.80 Å². The Hall–Kier alpha value is -3.39. The van der Waals surface area contributed by atoms with Gasteiger partial charge in [0.15, 0.2) is 6.61 Å². The van der Waals surface area contributed by atoms with Crippen LogP contribution in [0.15, 0.2) is 60.7 Å². The lowest BCUT2D eigenvalue weighted by molar-refractivity contribution is -0.170. The standard InChI is InChI=1S/C33H38N2O5/c1-21-13-14-28-26(17-21)30(25-12-8-10-23-9-6-7-11-24(23)25)40-19-29(37)35(28,20-32(3,4)5)33(31(38)39)15-16-34-18-27(33)22(2)36/h6-14,17,27,30,34H,15-16,18-20H2,1-5H3/p+1/t27-,30?,33+,35+/m1/s1. The topological polar surface area (TPSA) is 92.7 Å². The highest BCUT2D eigenvalue weighted by Gasteiger charge is 2.70. The molecule has 7 heteroatoms. The number of piperidine rings is 1. The summed E-state index contributed by atoms with van der Waals surface area (Å²) >= 11 is 0. The molecule has 0 aromatic heterocycles. The van der Waals surface area contributed by atoms with Crippen LogP contribution in [0, 0.1) is 18.3 Å². The number of nitrogens with zero attached hydrogens (tertiary/aromatic N) is 1. The number of ether oxygens (including phenoxy) is 1. The number of carboxylic acid groups (broad SMARTS) is 1. The second kappa shape index (κ2) is 10.2. The molecule has 210 valence electrons. The Morgan fingerprint density at radius 1 is 1.07 bits per heavy atom. The molecule has 3 aromatic rings. The van der Waals surface area contributed by atoms with Crippen LogP contribution >= 0.6 is 0 Å². The van der Waals surface area contributed by atoms with Crippen molar-refractivity contribution in [2.24, 2.45) is 11.3 Å². The van der Waals surface area contributed by atoms with Crippen LogP contribution in [-0.2, 0) is 19.1 Å². The Morgan fingerprint density at radius 3 is 2.50 bits per heavy atom. The summed E-state index contributed by atoms with van der Waals surface area (Å²) in [5, 5.41) is 16.4. The number of carboxylic acids is 1. The maximum atomic E-state index is 14.7. The monoisotopic (exact) mass is 543 g/mol. The van der Waals surface area contributed by atoms with Crippen molar-refractivity contribution in [1.82, 2.24) is 9.80 Å². The predicted molar refractivity (Wildman–Crippen MR) is 156 cm³/mol. The molecule has 3 aromatic carbocycles. The zero-order chi connectivity index (χ0) is 28.9. The highest BCUT2D eigenvalue weighted by molar-refractivity contribution is 6.02. The lowest BCUT2D eigenvalue weighted by Gasteiger charge is -2.54. The number of hydrogen-bond acceptors (Lipinski definition) is 5. The van der Waals surface area contributed by atoms with Crippen molar-refractivity contribution in [2.75, 3.05) is 26.2 Å². The van der Waals surface area contributed by atoms with E-state index in [9.17, 15) is 19.5 Å². The summed E-state index contributed by atoms with van der Waals surface area (Å²) in [4.78, 5) is 41.6. The number of amides is 1. The van der Waals surface area contributed by atoms with Gasteiger partial charge in [0.2, 0.25) is 5.54 Å². The lowest BCUT2D eigenvalue weighted by atomic mass is 9.70. The smallest absolute Gasteiger partial charge is 0.367 e. The number of rotatable bonds is 5. The average molecular weight is 544 g/mol. The third-order valence-corrected chi connectivity index (χ3v) is 8.64. The molecule has 1 fully saturated rings. The number of carbonyl (C=O) groups is 3. The van der Waals surface area contributed by atoms with Gasteiger partial charge in [-0.25, -0.2) is 14.1 Å². The fourth-order valence-electron chi connectivity index (χ4n) is 7.14. The minimum absolute atomic E-state index is 0.140. The fourth-order valence-corrected chi connectivity index (χ4v) is 7.14. The van der Waals surface area contributed by atoms with E-state index in [2.05, 4.69) is 5.32 Å². The quantitative estimate of drug-likeness (QED) is 0.432. The molecular weight excluding hydrogens is 504 g/mol. The first-order valence-electron chi connectivity index (χ1n) is 14.0. The van der Waals surface area contributed by atoms with Crippen molar-refractivity contribution >= 4 is 34.1 Å². The number of ketones is 1. The van der Waals surface area contributed by atoms with Crippen molar-refractivity contribution < 1.29 is 24.2 Å². The molecule has 1 unspecified atom stereocenters. The molecule has 7 nitrogen and oxygen atoms in total. The molecule has 40 heavy (non-hydrogen) atoms. The molecule has 2 aliphatic rings. The SMILES string of the molecule is CC(=O)[C@H]1CNCC[C@]1(C(=O)O)[N@+]1(CC(C)(C)C)C(=O)COC(c2cccc3ccccc23)c2cc(C)ccc21. The van der Waals surface area contributed by atoms with Gasteiger partial charge in [-0.15, -0.1) is 0 Å². The maximum absolute atomic E-state index is 14.7. The molecule has 0 radical (unpaired) electrons. The molecule has 2 aliphatic heterocycles. The molecular formula is C33H39N2O5+. The van der Waals surface area contributed by atoms with Gasteiger partial charge in [-0.1, -0.05) is 74.9 Å². The second-order valence-corrected chi connectivity index (χ2v) is 12.6. The van der Waals surface area contributed by atoms with Crippen LogP contribution in [0.2, 0.25) is 0 Å². The Bertz CT molecular complexity index is 1490. The fraction of sp³-hybridized carbons (Fsp3) is 0.424. The Balaban J connectivity index is 1.89. The van der Waals surface area contributed by atoms with Gasteiger partial charge in [0.05, 0.1) is 12.5 Å². The number of Topliss-reactive ketones (excluding diaryl/α,β-unsaturated/α-hetero) is 1. The number of fused-ring (bicyclic) bond motifs is 2. The van der Waals surface area contributed by atoms with Crippen molar-refractivity contribution in [3.63, 3.8) is 0 Å². The number of nitrogens with one attached hydrogen (secondary N) is 1. The Kier molecular flexibility index (Phi) is 7.19. The summed E-state index contributed by atoms with van der Waals surface area (Å²) in [7, 11) is 0. The molecule has 0 aliphatic carbocycles. The van der Waals surface area contributed by atoms with Crippen LogP contribution in [0.5, 0.6) is 0 Å². The van der Waals surface area contributed by atoms with Gasteiger partial charge in [-0.3, -0.25) is 4.79 Å². The van der Waals surface area contributed by atoms with Gasteiger partial charge < -0.3 is 15.2 Å². The maximum Gasteiger partial charge on any atom is 0.367 e. The Morgan fingerprint density at radius 2 is 1.80 bits per heavy atom. The van der Waals surface area contributed by atoms with E-state index >= 15 is 0 Å². The average Bonchev–Trinajstić information content (AvgIpc) is 3.02. The Labute approximate surface area is 235 Å². The third kappa shape index (κ3) is 4.37. The first-order valence-corrected chi connectivity index (χ1v) is 14.0. The van der Waals surface area contributed by atoms with Crippen molar-refractivity contribution in [3.8, 4) is 0 Å². The summed E-state index contributed by atoms with van der Waals surface area (Å²) in [6.07, 6.45) is -0.450. The van der Waals surface area contributed by atoms with E-state index < -0.39 is 33.4 Å². The van der Waals surface area contributed by atoms with Gasteiger partial charge >= 0.3 is 11.9 Å². The summed E-state index contributed by atoms with van der Waals surface area (Å²) in [6.45, 7) is 10.0. The van der Waals surface area contributed by atoms with Crippen LogP contribution in [0.3, 0.4) is 0 Å². The number of benzene rings is 3. The van der Waals surface area contributed by atoms with Crippen LogP contribution in [0.25, 0.3) is 10.8 Å². The first kappa shape index (κ1) is 28.1. The minimum atomic E-state index is -1.69. The van der Waals surface area contributed by atoms with E-state index in [1.807, 2.05) is 88.4 Å². The van der Waals surface area contributed by atoms with Gasteiger partial charge in [0.25, 0.3) is 0 Å². The van der Waals surface area contributed by atoms with Gasteiger partial charge in [-0.2, -0.15) is 0 Å². The third-order valence-electron chi connectivity index (χ3n) is 8.64. The molecule has 2 heterocycles. The zero-order valence-electron chi connectivity index (χ0n) is 24.0. The lowest BCUT2D eigenvalue weighted by Crippen LogP contribution is -2.80. The first-order chi connectivity index (χ1) is 18.9. The van der Waals surface area contributed by atoms with E-state index in [0.717, 1.165) is 27.5 Å². The summed E-state index contributed by atoms with van der Waals surface area (Å²) < 4.78 is 6.05. The van der Waals surface area contributed by atoms with Gasteiger partial charge in [0.1, 0.15) is 17.6 Å². The van der Waals surface area contributed by atoms with Crippen LogP contribution in [0.1, 0.15) is 56.9 Å². The molecule has 2 N–H and O–H groups in total. The summed E-state index contributed by atoms with van der Waals surface area (Å²) in [5.41, 5.74) is 1.14. The van der Waals surface area contributed by atoms with Gasteiger partial charge in [0, 0.05) is 36.6 Å². The van der Waals surface area contributed by atoms with E-state index in [1.54, 1.807) is 0 Å². The highest BCUT2D eigenvalue weighted by atomic mass is 16.5. The summed E-state index contributed by atoms with van der Waals surface area (Å²) in [5.74, 6) is -2.59. The van der Waals surface area contributed by atoms with Gasteiger partial charge in [-0.05, 0) is 36.2 Å². The zero-order valence-corrected chi connectivity index (χ0v) is 24.0. The molecule has 0 saturated carbocycles. The second-order valence-electron chi connectivity index (χ2n) is 12.6.